The van der Waals surface area contributed by atoms with E-state index in [1.54, 1.807) is 24.7 Å². The Morgan fingerprint density at radius 3 is 2.81 bits per heavy atom. The zero-order valence-electron chi connectivity index (χ0n) is 15.6. The predicted molar refractivity (Wildman–Crippen MR) is 103 cm³/mol. The molecule has 0 fully saturated rings. The van der Waals surface area contributed by atoms with Crippen molar-refractivity contribution in [2.24, 2.45) is 0 Å². The summed E-state index contributed by atoms with van der Waals surface area (Å²) in [5, 5.41) is 4.31. The first-order valence-electron chi connectivity index (χ1n) is 9.28. The Morgan fingerprint density at radius 2 is 2.04 bits per heavy atom. The summed E-state index contributed by atoms with van der Waals surface area (Å²) in [5.41, 5.74) is 4.21. The molecular formula is C21H22N4O2. The van der Waals surface area contributed by atoms with Crippen LogP contribution in [0, 0.1) is 6.92 Å². The highest BCUT2D eigenvalue weighted by Crippen LogP contribution is 2.35. The second-order valence-corrected chi connectivity index (χ2v) is 6.76. The molecule has 2 heterocycles. The molecule has 1 aromatic carbocycles. The van der Waals surface area contributed by atoms with E-state index in [0.29, 0.717) is 18.5 Å². The lowest BCUT2D eigenvalue weighted by molar-refractivity contribution is 0.337. The molecule has 0 saturated heterocycles. The van der Waals surface area contributed by atoms with Crippen LogP contribution in [0.3, 0.4) is 0 Å². The zero-order chi connectivity index (χ0) is 18.8. The molecule has 0 spiro atoms. The van der Waals surface area contributed by atoms with Gasteiger partial charge in [-0.1, -0.05) is 12.1 Å². The van der Waals surface area contributed by atoms with Crippen LogP contribution < -0.4 is 10.3 Å². The first-order valence-corrected chi connectivity index (χ1v) is 9.28. The van der Waals surface area contributed by atoms with Crippen molar-refractivity contribution in [2.45, 2.75) is 39.0 Å². The van der Waals surface area contributed by atoms with Crippen molar-refractivity contribution in [3.63, 3.8) is 0 Å². The maximum absolute atomic E-state index is 12.9. The Morgan fingerprint density at radius 1 is 1.22 bits per heavy atom. The van der Waals surface area contributed by atoms with E-state index < -0.39 is 0 Å². The van der Waals surface area contributed by atoms with E-state index in [2.05, 4.69) is 28.1 Å². The van der Waals surface area contributed by atoms with Crippen molar-refractivity contribution in [3.05, 3.63) is 75.5 Å². The molecule has 27 heavy (non-hydrogen) atoms. The van der Waals surface area contributed by atoms with Crippen molar-refractivity contribution < 1.29 is 4.74 Å². The molecule has 6 heteroatoms. The van der Waals surface area contributed by atoms with Crippen molar-refractivity contribution in [1.82, 2.24) is 19.7 Å². The third-order valence-electron chi connectivity index (χ3n) is 5.18. The third-order valence-corrected chi connectivity index (χ3v) is 5.18. The highest BCUT2D eigenvalue weighted by atomic mass is 16.5. The van der Waals surface area contributed by atoms with Crippen LogP contribution in [0.15, 0.2) is 47.7 Å². The molecule has 3 aromatic rings. The molecular weight excluding hydrogens is 340 g/mol. The van der Waals surface area contributed by atoms with Crippen molar-refractivity contribution in [2.75, 3.05) is 6.61 Å². The average molecular weight is 362 g/mol. The van der Waals surface area contributed by atoms with Gasteiger partial charge < -0.3 is 4.74 Å². The number of fused-ring (bicyclic) bond motifs is 1. The SMILES string of the molecule is CCOc1cccc(C2CCc3c(cnn(-c4ncccn4)c3=O)C2)c1C. The van der Waals surface area contributed by atoms with E-state index in [1.165, 1.54) is 15.8 Å². The van der Waals surface area contributed by atoms with Crippen LogP contribution in [0.2, 0.25) is 0 Å². The van der Waals surface area contributed by atoms with Crippen molar-refractivity contribution in [1.29, 1.82) is 0 Å². The van der Waals surface area contributed by atoms with Crippen molar-refractivity contribution in [3.8, 4) is 11.7 Å². The fourth-order valence-electron chi connectivity index (χ4n) is 3.85. The van der Waals surface area contributed by atoms with Crippen LogP contribution in [-0.4, -0.2) is 26.4 Å². The molecule has 0 saturated carbocycles. The van der Waals surface area contributed by atoms with Crippen molar-refractivity contribution >= 4 is 0 Å². The summed E-state index contributed by atoms with van der Waals surface area (Å²) in [7, 11) is 0. The predicted octanol–water partition coefficient (Wildman–Crippen LogP) is 3.00. The summed E-state index contributed by atoms with van der Waals surface area (Å²) in [5.74, 6) is 1.62. The van der Waals surface area contributed by atoms with E-state index in [4.69, 9.17) is 4.74 Å². The van der Waals surface area contributed by atoms with Crippen LogP contribution in [0.4, 0.5) is 0 Å². The number of ether oxygens (including phenoxy) is 1. The maximum Gasteiger partial charge on any atom is 0.277 e. The summed E-state index contributed by atoms with van der Waals surface area (Å²) in [6.07, 6.45) is 7.48. The second-order valence-electron chi connectivity index (χ2n) is 6.76. The molecule has 1 unspecified atom stereocenters. The largest absolute Gasteiger partial charge is 0.494 e. The lowest BCUT2D eigenvalue weighted by Gasteiger charge is -2.26. The first-order chi connectivity index (χ1) is 13.2. The van der Waals surface area contributed by atoms with Gasteiger partial charge in [-0.05, 0) is 67.9 Å². The Hall–Kier alpha value is -3.02. The Bertz CT molecular complexity index is 1010. The molecule has 2 aromatic heterocycles. The number of benzene rings is 1. The van der Waals surface area contributed by atoms with Crippen LogP contribution in [0.5, 0.6) is 5.75 Å². The van der Waals surface area contributed by atoms with E-state index in [0.717, 1.165) is 36.1 Å². The van der Waals surface area contributed by atoms with Gasteiger partial charge in [0.1, 0.15) is 5.75 Å². The van der Waals surface area contributed by atoms with Gasteiger partial charge in [-0.2, -0.15) is 9.78 Å². The van der Waals surface area contributed by atoms with Crippen LogP contribution in [-0.2, 0) is 12.8 Å². The number of rotatable bonds is 4. The molecule has 0 aliphatic heterocycles. The summed E-state index contributed by atoms with van der Waals surface area (Å²) in [6, 6.07) is 7.95. The highest BCUT2D eigenvalue weighted by molar-refractivity contribution is 5.43. The fourth-order valence-corrected chi connectivity index (χ4v) is 3.85. The van der Waals surface area contributed by atoms with Gasteiger partial charge in [-0.15, -0.1) is 0 Å². The topological polar surface area (TPSA) is 69.9 Å². The molecule has 1 aliphatic carbocycles. The maximum atomic E-state index is 12.9. The normalized spacial score (nSPS) is 16.0. The number of nitrogens with zero attached hydrogens (tertiary/aromatic N) is 4. The standard InChI is InChI=1S/C21H22N4O2/c1-3-27-19-7-4-6-17(14(19)2)15-8-9-18-16(12-15)13-24-25(20(18)26)21-22-10-5-11-23-21/h4-7,10-11,13,15H,3,8-9,12H2,1-2H3. The van der Waals surface area contributed by atoms with Gasteiger partial charge >= 0.3 is 0 Å². The molecule has 1 aliphatic rings. The van der Waals surface area contributed by atoms with Crippen LogP contribution in [0.25, 0.3) is 5.95 Å². The minimum Gasteiger partial charge on any atom is -0.494 e. The number of aromatic nitrogens is 4. The fraction of sp³-hybridized carbons (Fsp3) is 0.333. The molecule has 6 nitrogen and oxygen atoms in total. The Balaban J connectivity index is 1.66. The molecule has 138 valence electrons. The average Bonchev–Trinajstić information content (AvgIpc) is 2.70. The second kappa shape index (κ2) is 7.31. The van der Waals surface area contributed by atoms with Gasteiger partial charge in [0.05, 0.1) is 12.8 Å². The minimum absolute atomic E-state index is 0.114. The molecule has 0 amide bonds. The summed E-state index contributed by atoms with van der Waals surface area (Å²) < 4.78 is 7.03. The minimum atomic E-state index is -0.114. The van der Waals surface area contributed by atoms with Gasteiger partial charge in [0.2, 0.25) is 0 Å². The Kier molecular flexibility index (Phi) is 4.71. The van der Waals surface area contributed by atoms with Crippen LogP contribution in [0.1, 0.15) is 41.5 Å². The number of hydrogen-bond acceptors (Lipinski definition) is 5. The lowest BCUT2D eigenvalue weighted by atomic mass is 9.79. The van der Waals surface area contributed by atoms with Gasteiger partial charge in [0, 0.05) is 18.0 Å². The zero-order valence-corrected chi connectivity index (χ0v) is 15.6. The molecule has 0 radical (unpaired) electrons. The monoisotopic (exact) mass is 362 g/mol. The molecule has 0 bridgehead atoms. The summed E-state index contributed by atoms with van der Waals surface area (Å²) >= 11 is 0. The van der Waals surface area contributed by atoms with E-state index in [1.807, 2.05) is 19.1 Å². The van der Waals surface area contributed by atoms with Gasteiger partial charge in [0.25, 0.3) is 11.5 Å². The molecule has 1 atom stereocenters. The van der Waals surface area contributed by atoms with Gasteiger partial charge in [-0.3, -0.25) is 4.79 Å². The van der Waals surface area contributed by atoms with Gasteiger partial charge in [-0.25, -0.2) is 9.97 Å². The molecule has 4 rings (SSSR count). The van der Waals surface area contributed by atoms with E-state index in [9.17, 15) is 4.79 Å². The smallest absolute Gasteiger partial charge is 0.277 e. The first kappa shape index (κ1) is 17.4. The quantitative estimate of drug-likeness (QED) is 0.714. The lowest BCUT2D eigenvalue weighted by Crippen LogP contribution is -2.30. The molecule has 0 N–H and O–H groups in total. The van der Waals surface area contributed by atoms with Crippen LogP contribution >= 0.6 is 0 Å². The Labute approximate surface area is 157 Å². The highest BCUT2D eigenvalue weighted by Gasteiger charge is 2.25. The van der Waals surface area contributed by atoms with Gasteiger partial charge in [0.15, 0.2) is 0 Å². The third kappa shape index (κ3) is 3.23. The summed E-state index contributed by atoms with van der Waals surface area (Å²) in [4.78, 5) is 21.1. The van der Waals surface area contributed by atoms with E-state index >= 15 is 0 Å². The summed E-state index contributed by atoms with van der Waals surface area (Å²) in [6.45, 7) is 4.76. The van der Waals surface area contributed by atoms with E-state index in [-0.39, 0.29) is 5.56 Å². The number of hydrogen-bond donors (Lipinski definition) is 0.